The lowest BCUT2D eigenvalue weighted by atomic mass is 10.2. The monoisotopic (exact) mass is 844 g/mol. The molecule has 0 amide bonds. The van der Waals surface area contributed by atoms with Crippen molar-refractivity contribution in [3.8, 4) is 17.2 Å². The van der Waals surface area contributed by atoms with Gasteiger partial charge in [-0.25, -0.2) is 9.97 Å². The molecule has 0 saturated heterocycles. The maximum Gasteiger partial charge on any atom is 0.207 e. The summed E-state index contributed by atoms with van der Waals surface area (Å²) in [7, 11) is 0. The maximum absolute atomic E-state index is 6.85. The number of nitrogen functional groups attached to an aromatic ring is 2. The molecule has 0 unspecified atom stereocenters. The Bertz CT molecular complexity index is 2820. The topological polar surface area (TPSA) is 108 Å². The van der Waals surface area contributed by atoms with E-state index in [2.05, 4.69) is 89.1 Å². The van der Waals surface area contributed by atoms with Crippen LogP contribution in [-0.4, -0.2) is 28.7 Å². The zero-order valence-electron chi connectivity index (χ0n) is 28.0. The van der Waals surface area contributed by atoms with Gasteiger partial charge >= 0.3 is 0 Å². The highest BCUT2D eigenvalue weighted by Crippen LogP contribution is 2.38. The number of hydrogen-bond acceptors (Lipinski definition) is 4. The smallest absolute Gasteiger partial charge is 0.207 e. The van der Waals surface area contributed by atoms with Gasteiger partial charge in [0.15, 0.2) is 5.95 Å². The molecule has 10 aromatic rings. The minimum Gasteiger partial charge on any atom is -0.369 e. The number of para-hydroxylation sites is 8. The molecule has 5 N–H and O–H groups in total. The molecule has 0 fully saturated rings. The van der Waals surface area contributed by atoms with Crippen molar-refractivity contribution in [1.82, 2.24) is 28.7 Å². The van der Waals surface area contributed by atoms with Gasteiger partial charge in [0.2, 0.25) is 5.95 Å². The molecule has 0 spiro atoms. The normalized spacial score (nSPS) is 11.1. The molecule has 0 aliphatic rings. The molecule has 0 radical (unpaired) electrons. The van der Waals surface area contributed by atoms with E-state index in [0.29, 0.717) is 16.9 Å². The Morgan fingerprint density at radius 3 is 1.62 bits per heavy atom. The van der Waals surface area contributed by atoms with Crippen LogP contribution in [0.4, 0.5) is 11.9 Å². The van der Waals surface area contributed by atoms with Gasteiger partial charge in [0, 0.05) is 22.1 Å². The van der Waals surface area contributed by atoms with E-state index >= 15 is 0 Å². The highest BCUT2D eigenvalue weighted by atomic mass is 127. The highest BCUT2D eigenvalue weighted by molar-refractivity contribution is 14.1. The Balaban J connectivity index is 0.000000126. The number of rotatable bonds is 3. The van der Waals surface area contributed by atoms with Gasteiger partial charge in [0.25, 0.3) is 0 Å². The fourth-order valence-electron chi connectivity index (χ4n) is 6.46. The van der Waals surface area contributed by atoms with Crippen molar-refractivity contribution in [3.05, 3.63) is 171 Å². The van der Waals surface area contributed by atoms with Crippen molar-refractivity contribution >= 4 is 102 Å². The van der Waals surface area contributed by atoms with Crippen LogP contribution in [0, 0.1) is 3.70 Å². The van der Waals surface area contributed by atoms with Gasteiger partial charge in [-0.05, 0) is 83.3 Å². The molecule has 0 saturated carbocycles. The summed E-state index contributed by atoms with van der Waals surface area (Å²) in [6.45, 7) is 0. The first kappa shape index (κ1) is 34.3. The SMILES string of the molecule is Clc1c(I)n(-c2ccccc2)c2ccccc12.Nc1nc2ccccc2[nH]1.Nc1nc2ccccc2n1-c1c(Cl)c2ccccc2n1-c1ccccc1. The second-order valence-electron chi connectivity index (χ2n) is 12.1. The third-order valence-electron chi connectivity index (χ3n) is 8.78. The molecule has 10 rings (SSSR count). The van der Waals surface area contributed by atoms with Crippen LogP contribution in [0.15, 0.2) is 158 Å². The number of aromatic amines is 1. The highest BCUT2D eigenvalue weighted by Gasteiger charge is 2.22. The molecule has 11 heteroatoms. The molecule has 8 nitrogen and oxygen atoms in total. The minimum absolute atomic E-state index is 0.410. The third-order valence-corrected chi connectivity index (χ3v) is 10.9. The lowest BCUT2D eigenvalue weighted by molar-refractivity contribution is 0.975. The zero-order valence-corrected chi connectivity index (χ0v) is 31.7. The van der Waals surface area contributed by atoms with Crippen molar-refractivity contribution in [2.75, 3.05) is 11.5 Å². The van der Waals surface area contributed by atoms with Crippen LogP contribution in [0.25, 0.3) is 61.1 Å². The number of halogens is 3. The molecule has 0 aliphatic heterocycles. The van der Waals surface area contributed by atoms with E-state index in [1.165, 1.54) is 0 Å². The molecule has 0 bridgehead atoms. The van der Waals surface area contributed by atoms with Gasteiger partial charge in [-0.3, -0.25) is 9.13 Å². The van der Waals surface area contributed by atoms with Crippen molar-refractivity contribution in [3.63, 3.8) is 0 Å². The number of H-pyrrole nitrogens is 1. The van der Waals surface area contributed by atoms with Gasteiger partial charge in [-0.2, -0.15) is 0 Å². The Labute approximate surface area is 328 Å². The number of anilines is 2. The lowest BCUT2D eigenvalue weighted by Gasteiger charge is -2.13. The molecule has 0 atom stereocenters. The molecule has 4 heterocycles. The first-order chi connectivity index (χ1) is 25.9. The van der Waals surface area contributed by atoms with Crippen molar-refractivity contribution in [1.29, 1.82) is 0 Å². The second kappa shape index (κ2) is 14.7. The zero-order chi connectivity index (χ0) is 36.5. The number of nitrogens with zero attached hydrogens (tertiary/aromatic N) is 5. The van der Waals surface area contributed by atoms with Crippen LogP contribution in [-0.2, 0) is 0 Å². The number of nitrogens with two attached hydrogens (primary N) is 2. The molecular weight excluding hydrogens is 814 g/mol. The Morgan fingerprint density at radius 1 is 0.491 bits per heavy atom. The number of hydrogen-bond donors (Lipinski definition) is 3. The first-order valence-electron chi connectivity index (χ1n) is 16.7. The van der Waals surface area contributed by atoms with Crippen LogP contribution in [0.2, 0.25) is 10.0 Å². The molecular formula is C42H31Cl2IN8. The van der Waals surface area contributed by atoms with Crippen molar-refractivity contribution in [2.45, 2.75) is 0 Å². The van der Waals surface area contributed by atoms with Crippen LogP contribution in [0.5, 0.6) is 0 Å². The fourth-order valence-corrected chi connectivity index (χ4v) is 7.86. The summed E-state index contributed by atoms with van der Waals surface area (Å²) in [5.74, 6) is 1.68. The van der Waals surface area contributed by atoms with Crippen LogP contribution in [0.3, 0.4) is 0 Å². The van der Waals surface area contributed by atoms with Gasteiger partial charge in [-0.15, -0.1) is 0 Å². The predicted octanol–water partition coefficient (Wildman–Crippen LogP) is 11.2. The van der Waals surface area contributed by atoms with E-state index in [1.807, 2.05) is 120 Å². The molecule has 260 valence electrons. The van der Waals surface area contributed by atoms with Gasteiger partial charge in [0.05, 0.1) is 43.1 Å². The van der Waals surface area contributed by atoms with E-state index in [-0.39, 0.29) is 0 Å². The van der Waals surface area contributed by atoms with Crippen LogP contribution >= 0.6 is 45.8 Å². The largest absolute Gasteiger partial charge is 0.369 e. The van der Waals surface area contributed by atoms with E-state index in [9.17, 15) is 0 Å². The fraction of sp³-hybridized carbons (Fsp3) is 0. The van der Waals surface area contributed by atoms with Gasteiger partial charge in [0.1, 0.15) is 9.52 Å². The minimum atomic E-state index is 0.410. The molecule has 4 aromatic heterocycles. The number of aromatic nitrogens is 6. The number of imidazole rings is 2. The summed E-state index contributed by atoms with van der Waals surface area (Å²) in [6, 6.07) is 52.3. The summed E-state index contributed by atoms with van der Waals surface area (Å²) >= 11 is 15.5. The van der Waals surface area contributed by atoms with E-state index in [0.717, 1.165) is 69.8 Å². The number of nitrogens with one attached hydrogen (secondary N) is 1. The van der Waals surface area contributed by atoms with Crippen molar-refractivity contribution in [2.24, 2.45) is 0 Å². The number of fused-ring (bicyclic) bond motifs is 4. The molecule has 53 heavy (non-hydrogen) atoms. The Hall–Kier alpha value is -5.75. The number of benzene rings is 6. The van der Waals surface area contributed by atoms with Gasteiger partial charge < -0.3 is 21.0 Å². The second-order valence-corrected chi connectivity index (χ2v) is 13.8. The Kier molecular flexibility index (Phi) is 9.53. The average Bonchev–Trinajstić information content (AvgIpc) is 3.90. The van der Waals surface area contributed by atoms with Crippen LogP contribution in [0.1, 0.15) is 0 Å². The quantitative estimate of drug-likeness (QED) is 0.154. The van der Waals surface area contributed by atoms with E-state index in [4.69, 9.17) is 34.7 Å². The summed E-state index contributed by atoms with van der Waals surface area (Å²) in [5.41, 5.74) is 19.7. The van der Waals surface area contributed by atoms with E-state index < -0.39 is 0 Å². The van der Waals surface area contributed by atoms with Crippen molar-refractivity contribution < 1.29 is 0 Å². The molecule has 6 aromatic carbocycles. The molecule has 0 aliphatic carbocycles. The lowest BCUT2D eigenvalue weighted by Crippen LogP contribution is -2.07. The summed E-state index contributed by atoms with van der Waals surface area (Å²) in [5, 5.41) is 3.55. The Morgan fingerprint density at radius 2 is 0.981 bits per heavy atom. The standard InChI is InChI=1S/C21H15ClN4.C14H9ClIN.C7H7N3/c22-19-15-10-4-6-12-17(15)25(14-8-2-1-3-9-14)20(19)26-18-13-7-5-11-16(18)24-21(26)23;15-13-11-8-4-5-9-12(11)17(14(13)16)10-6-2-1-3-7-10;8-7-9-5-3-1-2-4-6(5)10-7/h1-13H,(H2,23,24);1-9H;1-4H,(H3,8,9,10). The summed E-state index contributed by atoms with van der Waals surface area (Å²) < 4.78 is 7.28. The third kappa shape index (κ3) is 6.48. The van der Waals surface area contributed by atoms with Crippen LogP contribution < -0.4 is 11.5 Å². The van der Waals surface area contributed by atoms with E-state index in [1.54, 1.807) is 0 Å². The summed E-state index contributed by atoms with van der Waals surface area (Å²) in [4.78, 5) is 11.5. The maximum atomic E-state index is 6.85. The predicted molar refractivity (Wildman–Crippen MR) is 229 cm³/mol. The van der Waals surface area contributed by atoms with Gasteiger partial charge in [-0.1, -0.05) is 120 Å². The average molecular weight is 846 g/mol. The first-order valence-corrected chi connectivity index (χ1v) is 18.5. The summed E-state index contributed by atoms with van der Waals surface area (Å²) in [6.07, 6.45) is 0.